The predicted octanol–water partition coefficient (Wildman–Crippen LogP) is 2.19. The van der Waals surface area contributed by atoms with E-state index in [1.54, 1.807) is 17.3 Å². The van der Waals surface area contributed by atoms with E-state index in [1.807, 2.05) is 31.2 Å². The first kappa shape index (κ1) is 19.0. The third-order valence-electron chi connectivity index (χ3n) is 6.37. The number of piperidine rings is 1. The molecule has 0 spiro atoms. The molecular formula is C22H26N6O2. The molecular weight excluding hydrogens is 380 g/mol. The third kappa shape index (κ3) is 3.41. The number of H-pyrrole nitrogens is 1. The van der Waals surface area contributed by atoms with Crippen LogP contribution in [0.4, 0.5) is 5.82 Å². The van der Waals surface area contributed by atoms with E-state index >= 15 is 0 Å². The van der Waals surface area contributed by atoms with Gasteiger partial charge in [-0.25, -0.2) is 9.97 Å². The zero-order valence-corrected chi connectivity index (χ0v) is 17.0. The van der Waals surface area contributed by atoms with Crippen LogP contribution >= 0.6 is 0 Å². The van der Waals surface area contributed by atoms with Crippen LogP contribution in [0.3, 0.4) is 0 Å². The number of nitrogens with one attached hydrogen (secondary N) is 1. The summed E-state index contributed by atoms with van der Waals surface area (Å²) in [5.41, 5.74) is 2.63. The topological polar surface area (TPSA) is 98.2 Å². The number of nitrogens with zero attached hydrogens (tertiary/aromatic N) is 5. The molecule has 8 nitrogen and oxygen atoms in total. The highest BCUT2D eigenvalue weighted by molar-refractivity contribution is 5.94. The molecule has 2 N–H and O–H groups in total. The zero-order valence-electron chi connectivity index (χ0n) is 17.0. The summed E-state index contributed by atoms with van der Waals surface area (Å²) < 4.78 is 0. The molecule has 0 saturated carbocycles. The number of likely N-dealkylation sites (tertiary alicyclic amines) is 1. The highest BCUT2D eigenvalue weighted by Crippen LogP contribution is 2.34. The van der Waals surface area contributed by atoms with Crippen LogP contribution in [0, 0.1) is 5.92 Å². The number of aromatic nitrogens is 4. The van der Waals surface area contributed by atoms with Gasteiger partial charge in [0.15, 0.2) is 11.6 Å². The molecule has 3 aromatic rings. The second-order valence-electron chi connectivity index (χ2n) is 8.34. The van der Waals surface area contributed by atoms with Crippen LogP contribution in [0.1, 0.15) is 42.0 Å². The van der Waals surface area contributed by atoms with Gasteiger partial charge in [-0.05, 0) is 37.8 Å². The number of hydrogen-bond acceptors (Lipinski definition) is 6. The molecule has 2 aromatic heterocycles. The number of hydrogen-bond donors (Lipinski definition) is 2. The van der Waals surface area contributed by atoms with E-state index < -0.39 is 0 Å². The Morgan fingerprint density at radius 2 is 1.90 bits per heavy atom. The molecule has 5 rings (SSSR count). The largest absolute Gasteiger partial charge is 0.393 e. The second-order valence-corrected chi connectivity index (χ2v) is 8.34. The summed E-state index contributed by atoms with van der Waals surface area (Å²) in [6, 6.07) is 7.66. The monoisotopic (exact) mass is 406 g/mol. The molecule has 4 heterocycles. The van der Waals surface area contributed by atoms with Gasteiger partial charge < -0.3 is 19.9 Å². The summed E-state index contributed by atoms with van der Waals surface area (Å²) in [6.45, 7) is 4.85. The Morgan fingerprint density at radius 3 is 2.63 bits per heavy atom. The number of fused-ring (bicyclic) bond motifs is 1. The molecule has 8 heteroatoms. The van der Waals surface area contributed by atoms with Crippen LogP contribution in [0.25, 0.3) is 11.0 Å². The standard InChI is InChI=1S/C22H26N6O2/c1-14(29)15-6-10-27(11-7-15)21-19(23-8-9-24-21)16-12-28(13-16)22(30)20-25-17-4-2-3-5-18(17)26-20/h2-5,8-9,14-16,29H,6-7,10-13H2,1H3,(H,25,26)/t14-/m1/s1. The number of anilines is 1. The Kier molecular flexibility index (Phi) is 4.86. The maximum Gasteiger partial charge on any atom is 0.289 e. The molecule has 0 bridgehead atoms. The summed E-state index contributed by atoms with van der Waals surface area (Å²) in [4.78, 5) is 33.7. The van der Waals surface area contributed by atoms with Crippen molar-refractivity contribution in [3.8, 4) is 0 Å². The quantitative estimate of drug-likeness (QED) is 0.689. The molecule has 0 unspecified atom stereocenters. The highest BCUT2D eigenvalue weighted by atomic mass is 16.3. The first-order chi connectivity index (χ1) is 14.6. The maximum atomic E-state index is 12.8. The second kappa shape index (κ2) is 7.68. The summed E-state index contributed by atoms with van der Waals surface area (Å²) in [7, 11) is 0. The summed E-state index contributed by atoms with van der Waals surface area (Å²) >= 11 is 0. The van der Waals surface area contributed by atoms with Crippen molar-refractivity contribution >= 4 is 22.8 Å². The molecule has 1 aromatic carbocycles. The molecule has 2 saturated heterocycles. The van der Waals surface area contributed by atoms with E-state index in [0.717, 1.165) is 48.5 Å². The summed E-state index contributed by atoms with van der Waals surface area (Å²) in [6.07, 6.45) is 5.10. The van der Waals surface area contributed by atoms with Crippen LogP contribution < -0.4 is 4.90 Å². The minimum Gasteiger partial charge on any atom is -0.393 e. The van der Waals surface area contributed by atoms with Gasteiger partial charge in [0.2, 0.25) is 0 Å². The number of rotatable bonds is 4. The minimum absolute atomic E-state index is 0.0781. The maximum absolute atomic E-state index is 12.8. The lowest BCUT2D eigenvalue weighted by Crippen LogP contribution is -2.49. The van der Waals surface area contributed by atoms with Gasteiger partial charge in [0.05, 0.1) is 22.8 Å². The van der Waals surface area contributed by atoms with Gasteiger partial charge in [0.1, 0.15) is 0 Å². The fourth-order valence-corrected chi connectivity index (χ4v) is 4.49. The lowest BCUT2D eigenvalue weighted by atomic mass is 9.91. The van der Waals surface area contributed by atoms with Crippen LogP contribution in [0.2, 0.25) is 0 Å². The molecule has 2 aliphatic heterocycles. The Labute approximate surface area is 175 Å². The number of aliphatic hydroxyl groups is 1. The van der Waals surface area contributed by atoms with E-state index in [2.05, 4.69) is 24.8 Å². The fourth-order valence-electron chi connectivity index (χ4n) is 4.49. The van der Waals surface area contributed by atoms with Gasteiger partial charge >= 0.3 is 0 Å². The van der Waals surface area contributed by atoms with Crippen molar-refractivity contribution in [2.75, 3.05) is 31.1 Å². The molecule has 1 atom stereocenters. The summed E-state index contributed by atoms with van der Waals surface area (Å²) in [5, 5.41) is 9.85. The predicted molar refractivity (Wildman–Crippen MR) is 113 cm³/mol. The smallest absolute Gasteiger partial charge is 0.289 e. The Balaban J connectivity index is 1.27. The highest BCUT2D eigenvalue weighted by Gasteiger charge is 2.37. The van der Waals surface area contributed by atoms with Crippen molar-refractivity contribution < 1.29 is 9.90 Å². The third-order valence-corrected chi connectivity index (χ3v) is 6.37. The van der Waals surface area contributed by atoms with Crippen LogP contribution in [0.15, 0.2) is 36.7 Å². The van der Waals surface area contributed by atoms with Crippen molar-refractivity contribution in [2.45, 2.75) is 31.8 Å². The van der Waals surface area contributed by atoms with Crippen molar-refractivity contribution in [1.82, 2.24) is 24.8 Å². The Morgan fingerprint density at radius 1 is 1.17 bits per heavy atom. The average Bonchev–Trinajstić information content (AvgIpc) is 3.17. The summed E-state index contributed by atoms with van der Waals surface area (Å²) in [5.74, 6) is 1.75. The van der Waals surface area contributed by atoms with Crippen molar-refractivity contribution in [3.63, 3.8) is 0 Å². The van der Waals surface area contributed by atoms with Gasteiger partial charge in [-0.3, -0.25) is 9.78 Å². The average molecular weight is 406 g/mol. The van der Waals surface area contributed by atoms with Gasteiger partial charge in [0.25, 0.3) is 5.91 Å². The number of amides is 1. The van der Waals surface area contributed by atoms with Crippen molar-refractivity contribution in [2.24, 2.45) is 5.92 Å². The number of imidazole rings is 1. The van der Waals surface area contributed by atoms with Crippen molar-refractivity contribution in [1.29, 1.82) is 0 Å². The number of para-hydroxylation sites is 2. The fraction of sp³-hybridized carbons (Fsp3) is 0.455. The molecule has 1 amide bonds. The number of aliphatic hydroxyl groups excluding tert-OH is 1. The lowest BCUT2D eigenvalue weighted by Gasteiger charge is -2.40. The van der Waals surface area contributed by atoms with Crippen LogP contribution in [0.5, 0.6) is 0 Å². The molecule has 30 heavy (non-hydrogen) atoms. The molecule has 0 aliphatic carbocycles. The minimum atomic E-state index is -0.266. The van der Waals surface area contributed by atoms with Gasteiger partial charge in [0, 0.05) is 44.5 Å². The first-order valence-corrected chi connectivity index (χ1v) is 10.6. The molecule has 0 radical (unpaired) electrons. The number of carbonyl (C=O) groups excluding carboxylic acids is 1. The van der Waals surface area contributed by atoms with E-state index in [9.17, 15) is 9.90 Å². The Hall–Kier alpha value is -3.00. The molecule has 156 valence electrons. The zero-order chi connectivity index (χ0) is 20.7. The van der Waals surface area contributed by atoms with Gasteiger partial charge in [-0.1, -0.05) is 12.1 Å². The van der Waals surface area contributed by atoms with Crippen molar-refractivity contribution in [3.05, 3.63) is 48.2 Å². The number of aromatic amines is 1. The van der Waals surface area contributed by atoms with Crippen LogP contribution in [-0.2, 0) is 0 Å². The van der Waals surface area contributed by atoms with Gasteiger partial charge in [-0.15, -0.1) is 0 Å². The SMILES string of the molecule is C[C@@H](O)C1CCN(c2nccnc2C2CN(C(=O)c3nc4ccccc4[nH]3)C2)CC1. The van der Waals surface area contributed by atoms with E-state index in [1.165, 1.54) is 0 Å². The molecule has 2 aliphatic rings. The van der Waals surface area contributed by atoms with E-state index in [4.69, 9.17) is 0 Å². The van der Waals surface area contributed by atoms with Crippen LogP contribution in [-0.4, -0.2) is 68.1 Å². The number of carbonyl (C=O) groups is 1. The molecule has 2 fully saturated rings. The van der Waals surface area contributed by atoms with E-state index in [-0.39, 0.29) is 17.9 Å². The first-order valence-electron chi connectivity index (χ1n) is 10.6. The normalized spacial score (nSPS) is 19.1. The lowest BCUT2D eigenvalue weighted by molar-refractivity contribution is 0.0587. The van der Waals surface area contributed by atoms with E-state index in [0.29, 0.717) is 24.8 Å². The Bertz CT molecular complexity index is 1020. The number of benzene rings is 1. The van der Waals surface area contributed by atoms with Gasteiger partial charge in [-0.2, -0.15) is 0 Å².